The molecule has 0 bridgehead atoms. The van der Waals surface area contributed by atoms with Gasteiger partial charge in [0, 0.05) is 25.7 Å². The molecule has 334 valence electrons. The Balaban J connectivity index is 0.000000344. The Morgan fingerprint density at radius 2 is 1.11 bits per heavy atom. The second kappa shape index (κ2) is 26.1. The van der Waals surface area contributed by atoms with Crippen LogP contribution in [0.25, 0.3) is 22.9 Å². The minimum Gasteiger partial charge on any atom is -0.507 e. The van der Waals surface area contributed by atoms with E-state index in [1.165, 1.54) is 25.7 Å². The lowest BCUT2D eigenvalue weighted by atomic mass is 10.1. The Hall–Kier alpha value is -4.60. The molecule has 0 saturated heterocycles. The van der Waals surface area contributed by atoms with Crippen LogP contribution in [-0.4, -0.2) is 51.4 Å². The number of oxazole rings is 2. The Labute approximate surface area is 390 Å². The van der Waals surface area contributed by atoms with E-state index in [1.807, 2.05) is 27.7 Å². The van der Waals surface area contributed by atoms with Crippen molar-refractivity contribution in [3.63, 3.8) is 0 Å². The second-order valence-corrected chi connectivity index (χ2v) is 15.8. The summed E-state index contributed by atoms with van der Waals surface area (Å²) in [6.45, 7) is 8.41. The standard InChI is InChI=1S/C21H19Cl2NO5.C13H14ClNO3.C9H8BrClO2.2CH4/c1-12(2)27-10-16-11-28-20(24-16)17-9-15(23)7-8-18(17)29-19(21(25)26)13-3-5-14(22)6-4-13;1-8(2)17-6-10-7-18-13(15-10)11-5-9(14)3-4-12(11)16;1-13-9(12)8(10)6-2-4-7(11)5-3-6;;/h3-9,11-12,19H,10H2,1-2H3,(H,25,26);3-5,7-8,16H,6H2,1-2H3;2-5,8H,1H3;2*1H4. The number of hydrogen-bond acceptors (Lipinski definition) is 11. The summed E-state index contributed by atoms with van der Waals surface area (Å²) in [6, 6.07) is 22.9. The van der Waals surface area contributed by atoms with Crippen LogP contribution in [0, 0.1) is 0 Å². The number of carboxylic acids is 1. The zero-order valence-corrected chi connectivity index (χ0v) is 37.5. The number of phenolic OH excluding ortho intramolecular Hbond substituents is 1. The summed E-state index contributed by atoms with van der Waals surface area (Å²) >= 11 is 26.8. The third-order valence-electron chi connectivity index (χ3n) is 7.81. The number of phenols is 1. The van der Waals surface area contributed by atoms with E-state index in [2.05, 4.69) is 30.6 Å². The fourth-order valence-corrected chi connectivity index (χ4v) is 5.93. The molecule has 0 amide bonds. The lowest BCUT2D eigenvalue weighted by Gasteiger charge is -2.17. The van der Waals surface area contributed by atoms with Gasteiger partial charge in [-0.25, -0.2) is 14.8 Å². The average Bonchev–Trinajstić information content (AvgIpc) is 3.91. The van der Waals surface area contributed by atoms with Gasteiger partial charge in [0.05, 0.1) is 43.7 Å². The average molecular weight is 1000 g/mol. The number of aliphatic carboxylic acids is 1. The number of methoxy groups -OCH3 is 1. The van der Waals surface area contributed by atoms with Gasteiger partial charge in [-0.05, 0) is 93.9 Å². The molecule has 0 aliphatic heterocycles. The molecular formula is C45H49BrCl4N2O10. The molecule has 0 aliphatic carbocycles. The molecule has 2 heterocycles. The van der Waals surface area contributed by atoms with E-state index in [-0.39, 0.29) is 50.4 Å². The molecule has 0 saturated carbocycles. The number of benzene rings is 4. The van der Waals surface area contributed by atoms with Crippen LogP contribution in [0.2, 0.25) is 20.1 Å². The molecule has 0 radical (unpaired) electrons. The number of aromatic nitrogens is 2. The number of halogens is 5. The number of carbonyl (C=O) groups excluding carboxylic acids is 1. The molecule has 62 heavy (non-hydrogen) atoms. The smallest absolute Gasteiger partial charge is 0.349 e. The van der Waals surface area contributed by atoms with Crippen LogP contribution in [0.15, 0.2) is 106 Å². The fraction of sp³-hybridized carbons (Fsp3) is 0.289. The van der Waals surface area contributed by atoms with Crippen molar-refractivity contribution >= 4 is 74.3 Å². The number of alkyl halides is 1. The molecule has 6 aromatic rings. The molecule has 4 aromatic carbocycles. The molecule has 0 fully saturated rings. The third kappa shape index (κ3) is 16.6. The molecule has 6 rings (SSSR count). The first kappa shape index (κ1) is 53.5. The predicted molar refractivity (Wildman–Crippen MR) is 246 cm³/mol. The minimum atomic E-state index is -1.24. The Morgan fingerprint density at radius 3 is 1.58 bits per heavy atom. The van der Waals surface area contributed by atoms with Gasteiger partial charge in [-0.2, -0.15) is 0 Å². The van der Waals surface area contributed by atoms with Gasteiger partial charge < -0.3 is 38.0 Å². The highest BCUT2D eigenvalue weighted by Gasteiger charge is 2.25. The highest BCUT2D eigenvalue weighted by Crippen LogP contribution is 2.36. The number of esters is 1. The van der Waals surface area contributed by atoms with Crippen molar-refractivity contribution in [2.75, 3.05) is 7.11 Å². The monoisotopic (exact) mass is 996 g/mol. The van der Waals surface area contributed by atoms with Crippen LogP contribution >= 0.6 is 62.3 Å². The molecule has 2 aromatic heterocycles. The van der Waals surface area contributed by atoms with Crippen molar-refractivity contribution in [1.82, 2.24) is 9.97 Å². The molecule has 0 spiro atoms. The number of aromatic hydroxyl groups is 1. The normalized spacial score (nSPS) is 11.5. The van der Waals surface area contributed by atoms with Gasteiger partial charge in [-0.15, -0.1) is 0 Å². The summed E-state index contributed by atoms with van der Waals surface area (Å²) < 4.78 is 32.2. The van der Waals surface area contributed by atoms with Gasteiger partial charge in [-0.3, -0.25) is 4.79 Å². The van der Waals surface area contributed by atoms with E-state index in [0.717, 1.165) is 5.56 Å². The van der Waals surface area contributed by atoms with Gasteiger partial charge in [-0.1, -0.05) is 101 Å². The van der Waals surface area contributed by atoms with E-state index in [4.69, 9.17) is 69.4 Å². The van der Waals surface area contributed by atoms with Crippen molar-refractivity contribution in [1.29, 1.82) is 0 Å². The van der Waals surface area contributed by atoms with Crippen LogP contribution in [0.1, 0.15) is 76.0 Å². The van der Waals surface area contributed by atoms with Gasteiger partial charge >= 0.3 is 11.9 Å². The van der Waals surface area contributed by atoms with Crippen molar-refractivity contribution in [3.8, 4) is 34.4 Å². The molecule has 0 aliphatic rings. The van der Waals surface area contributed by atoms with Crippen LogP contribution in [0.4, 0.5) is 0 Å². The van der Waals surface area contributed by atoms with E-state index < -0.39 is 16.9 Å². The summed E-state index contributed by atoms with van der Waals surface area (Å²) in [6.07, 6.45) is 1.93. The molecule has 12 nitrogen and oxygen atoms in total. The molecule has 2 N–H and O–H groups in total. The SMILES string of the molecule is C.C.CC(C)OCc1coc(-c2cc(Cl)ccc2O)n1.CC(C)OCc1coc(-c2cc(Cl)ccc2OC(C(=O)O)c2ccc(Cl)cc2)n1.COC(=O)C(Br)c1ccc(Cl)cc1. The van der Waals surface area contributed by atoms with Gasteiger partial charge in [0.2, 0.25) is 17.9 Å². The Morgan fingerprint density at radius 1 is 0.677 bits per heavy atom. The topological polar surface area (TPSA) is 164 Å². The first-order valence-corrected chi connectivity index (χ1v) is 20.5. The lowest BCUT2D eigenvalue weighted by Crippen LogP contribution is -2.18. The van der Waals surface area contributed by atoms with E-state index in [0.29, 0.717) is 67.3 Å². The summed E-state index contributed by atoms with van der Waals surface area (Å²) in [5, 5.41) is 21.5. The first-order valence-electron chi connectivity index (χ1n) is 18.1. The summed E-state index contributed by atoms with van der Waals surface area (Å²) in [7, 11) is 1.35. The van der Waals surface area contributed by atoms with E-state index in [1.54, 1.807) is 78.9 Å². The van der Waals surface area contributed by atoms with Crippen LogP contribution in [-0.2, 0) is 37.0 Å². The van der Waals surface area contributed by atoms with E-state index in [9.17, 15) is 19.8 Å². The van der Waals surface area contributed by atoms with Crippen molar-refractivity contribution in [3.05, 3.63) is 140 Å². The maximum absolute atomic E-state index is 11.8. The van der Waals surface area contributed by atoms with Crippen molar-refractivity contribution in [2.45, 2.75) is 78.9 Å². The van der Waals surface area contributed by atoms with Gasteiger partial charge in [0.15, 0.2) is 0 Å². The number of hydrogen-bond donors (Lipinski definition) is 2. The first-order chi connectivity index (χ1) is 28.5. The van der Waals surface area contributed by atoms with E-state index >= 15 is 0 Å². The summed E-state index contributed by atoms with van der Waals surface area (Å²) in [5.74, 6) is -0.524. The maximum atomic E-state index is 11.8. The van der Waals surface area contributed by atoms with Crippen LogP contribution in [0.3, 0.4) is 0 Å². The number of ether oxygens (including phenoxy) is 4. The molecule has 2 atom stereocenters. The number of rotatable bonds is 14. The maximum Gasteiger partial charge on any atom is 0.349 e. The molecule has 17 heteroatoms. The summed E-state index contributed by atoms with van der Waals surface area (Å²) in [4.78, 5) is 31.1. The number of carbonyl (C=O) groups is 2. The van der Waals surface area contributed by atoms with Crippen LogP contribution < -0.4 is 4.74 Å². The predicted octanol–water partition coefficient (Wildman–Crippen LogP) is 13.6. The quantitative estimate of drug-likeness (QED) is 0.0785. The lowest BCUT2D eigenvalue weighted by molar-refractivity contribution is -0.145. The highest BCUT2D eigenvalue weighted by atomic mass is 79.9. The zero-order valence-electron chi connectivity index (χ0n) is 32.9. The fourth-order valence-electron chi connectivity index (χ4n) is 4.85. The third-order valence-corrected chi connectivity index (χ3v) is 9.68. The Bertz CT molecular complexity index is 2300. The van der Waals surface area contributed by atoms with Gasteiger partial charge in [0.25, 0.3) is 0 Å². The van der Waals surface area contributed by atoms with Crippen LogP contribution in [0.5, 0.6) is 11.5 Å². The highest BCUT2D eigenvalue weighted by molar-refractivity contribution is 9.09. The van der Waals surface area contributed by atoms with Gasteiger partial charge in [0.1, 0.15) is 40.2 Å². The Kier molecular flexibility index (Phi) is 22.6. The minimum absolute atomic E-state index is 0. The largest absolute Gasteiger partial charge is 0.507 e. The second-order valence-electron chi connectivity index (χ2n) is 13.1. The number of carboxylic acid groups (broad SMARTS) is 1. The zero-order chi connectivity index (χ0) is 43.9. The molecular weight excluding hydrogens is 950 g/mol. The molecule has 2 unspecified atom stereocenters. The van der Waals surface area contributed by atoms with Crippen molar-refractivity contribution in [2.24, 2.45) is 0 Å². The van der Waals surface area contributed by atoms with Crippen molar-refractivity contribution < 1.29 is 47.6 Å². The number of nitrogens with zero attached hydrogens (tertiary/aromatic N) is 2. The summed E-state index contributed by atoms with van der Waals surface area (Å²) in [5.41, 5.74) is 3.47.